The molecule has 2 aromatic carbocycles. The highest BCUT2D eigenvalue weighted by molar-refractivity contribution is 6.30. The van der Waals surface area contributed by atoms with Gasteiger partial charge in [-0.1, -0.05) is 23.7 Å². The summed E-state index contributed by atoms with van der Waals surface area (Å²) in [4.78, 5) is 22.2. The van der Waals surface area contributed by atoms with Crippen molar-refractivity contribution in [3.63, 3.8) is 0 Å². The van der Waals surface area contributed by atoms with E-state index in [1.54, 1.807) is 37.3 Å². The molecule has 108 valence electrons. The Bertz CT molecular complexity index is 684. The molecule has 0 atom stereocenters. The van der Waals surface area contributed by atoms with Gasteiger partial charge in [0.05, 0.1) is 11.3 Å². The summed E-state index contributed by atoms with van der Waals surface area (Å²) in [5, 5.41) is 14.1. The monoisotopic (exact) mass is 304 g/mol. The van der Waals surface area contributed by atoms with Gasteiger partial charge in [-0.15, -0.1) is 0 Å². The van der Waals surface area contributed by atoms with E-state index in [0.717, 1.165) is 5.56 Å². The minimum absolute atomic E-state index is 0.0331. The van der Waals surface area contributed by atoms with Crippen LogP contribution in [0.5, 0.6) is 0 Å². The number of hydrogen-bond donors (Lipinski definition) is 1. The quantitative estimate of drug-likeness (QED) is 0.691. The minimum atomic E-state index is -0.450. The van der Waals surface area contributed by atoms with E-state index in [2.05, 4.69) is 5.32 Å². The fourth-order valence-electron chi connectivity index (χ4n) is 1.93. The van der Waals surface area contributed by atoms with Crippen molar-refractivity contribution in [3.8, 4) is 0 Å². The van der Waals surface area contributed by atoms with Crippen molar-refractivity contribution < 1.29 is 9.72 Å². The largest absolute Gasteiger partial charge is 0.326 e. The number of carbonyl (C=O) groups excluding carboxylic acids is 1. The molecule has 0 bridgehead atoms. The van der Waals surface area contributed by atoms with Crippen LogP contribution in [0.4, 0.5) is 11.4 Å². The van der Waals surface area contributed by atoms with Crippen LogP contribution in [0.2, 0.25) is 5.02 Å². The zero-order chi connectivity index (χ0) is 15.4. The Labute approximate surface area is 126 Å². The molecule has 0 spiro atoms. The van der Waals surface area contributed by atoms with Crippen LogP contribution in [0.25, 0.3) is 0 Å². The van der Waals surface area contributed by atoms with Gasteiger partial charge in [0.1, 0.15) is 0 Å². The molecule has 2 aromatic rings. The average molecular weight is 305 g/mol. The van der Waals surface area contributed by atoms with E-state index in [4.69, 9.17) is 11.6 Å². The highest BCUT2D eigenvalue weighted by Crippen LogP contribution is 2.21. The van der Waals surface area contributed by atoms with Gasteiger partial charge < -0.3 is 5.32 Å². The zero-order valence-corrected chi connectivity index (χ0v) is 12.1. The Morgan fingerprint density at radius 2 is 1.90 bits per heavy atom. The number of nitrogens with one attached hydrogen (secondary N) is 1. The highest BCUT2D eigenvalue weighted by Gasteiger charge is 2.11. The summed E-state index contributed by atoms with van der Waals surface area (Å²) in [6.07, 6.45) is 0.215. The molecular formula is C15H13ClN2O3. The first-order valence-corrected chi connectivity index (χ1v) is 6.63. The molecule has 0 fully saturated rings. The number of hydrogen-bond acceptors (Lipinski definition) is 3. The summed E-state index contributed by atoms with van der Waals surface area (Å²) in [6.45, 7) is 1.63. The predicted octanol–water partition coefficient (Wildman–Crippen LogP) is 3.74. The number of nitro benzene ring substituents is 1. The van der Waals surface area contributed by atoms with Crippen molar-refractivity contribution in [1.82, 2.24) is 0 Å². The first kappa shape index (κ1) is 15.0. The average Bonchev–Trinajstić information content (AvgIpc) is 2.41. The van der Waals surface area contributed by atoms with Gasteiger partial charge in [0.2, 0.25) is 5.91 Å². The molecule has 0 aliphatic carbocycles. The Hall–Kier alpha value is -2.40. The van der Waals surface area contributed by atoms with Gasteiger partial charge >= 0.3 is 0 Å². The second kappa shape index (κ2) is 6.37. The maximum Gasteiger partial charge on any atom is 0.272 e. The van der Waals surface area contributed by atoms with Gasteiger partial charge in [0, 0.05) is 22.3 Å². The van der Waals surface area contributed by atoms with Crippen molar-refractivity contribution in [2.75, 3.05) is 5.32 Å². The number of nitrogens with zero attached hydrogens (tertiary/aromatic N) is 1. The number of carbonyl (C=O) groups is 1. The number of anilines is 1. The van der Waals surface area contributed by atoms with Crippen LogP contribution in [0.15, 0.2) is 42.5 Å². The third-order valence-corrected chi connectivity index (χ3v) is 3.21. The van der Waals surface area contributed by atoms with Crippen molar-refractivity contribution >= 4 is 28.9 Å². The Morgan fingerprint density at radius 1 is 1.24 bits per heavy atom. The second-order valence-corrected chi connectivity index (χ2v) is 5.05. The molecule has 2 rings (SSSR count). The normalized spacial score (nSPS) is 10.2. The van der Waals surface area contributed by atoms with Crippen molar-refractivity contribution in [3.05, 3.63) is 68.7 Å². The molecule has 0 unspecified atom stereocenters. The first-order chi connectivity index (χ1) is 9.95. The number of benzene rings is 2. The lowest BCUT2D eigenvalue weighted by molar-refractivity contribution is -0.385. The summed E-state index contributed by atoms with van der Waals surface area (Å²) >= 11 is 5.78. The molecule has 0 radical (unpaired) electrons. The minimum Gasteiger partial charge on any atom is -0.326 e. The molecule has 21 heavy (non-hydrogen) atoms. The lowest BCUT2D eigenvalue weighted by Gasteiger charge is -2.06. The number of amides is 1. The Morgan fingerprint density at radius 3 is 2.48 bits per heavy atom. The summed E-state index contributed by atoms with van der Waals surface area (Å²) in [6, 6.07) is 11.5. The lowest BCUT2D eigenvalue weighted by atomic mass is 10.1. The van der Waals surface area contributed by atoms with Crippen LogP contribution in [0.3, 0.4) is 0 Å². The van der Waals surface area contributed by atoms with E-state index in [1.807, 2.05) is 0 Å². The number of aryl methyl sites for hydroxylation is 1. The van der Waals surface area contributed by atoms with E-state index in [9.17, 15) is 14.9 Å². The fraction of sp³-hybridized carbons (Fsp3) is 0.133. The summed E-state index contributed by atoms with van der Waals surface area (Å²) < 4.78 is 0. The predicted molar refractivity (Wildman–Crippen MR) is 81.6 cm³/mol. The van der Waals surface area contributed by atoms with E-state index < -0.39 is 4.92 Å². The molecule has 0 saturated heterocycles. The van der Waals surface area contributed by atoms with E-state index in [1.165, 1.54) is 12.1 Å². The molecule has 0 aromatic heterocycles. The van der Waals surface area contributed by atoms with E-state index in [0.29, 0.717) is 16.3 Å². The fourth-order valence-corrected chi connectivity index (χ4v) is 2.06. The van der Waals surface area contributed by atoms with Gasteiger partial charge in [0.25, 0.3) is 5.69 Å². The molecule has 0 saturated carbocycles. The van der Waals surface area contributed by atoms with Gasteiger partial charge in [-0.05, 0) is 36.8 Å². The molecule has 5 nitrogen and oxygen atoms in total. The van der Waals surface area contributed by atoms with Crippen LogP contribution in [0, 0.1) is 17.0 Å². The number of halogens is 1. The maximum atomic E-state index is 11.9. The first-order valence-electron chi connectivity index (χ1n) is 6.25. The molecule has 6 heteroatoms. The smallest absolute Gasteiger partial charge is 0.272 e. The standard InChI is InChI=1S/C15H13ClN2O3/c1-10-8-13(6-7-14(10)18(20)21)17-15(19)9-11-2-4-12(16)5-3-11/h2-8H,9H2,1H3,(H,17,19). The number of rotatable bonds is 4. The van der Waals surface area contributed by atoms with Crippen LogP contribution < -0.4 is 5.32 Å². The van der Waals surface area contributed by atoms with E-state index in [-0.39, 0.29) is 18.0 Å². The maximum absolute atomic E-state index is 11.9. The zero-order valence-electron chi connectivity index (χ0n) is 11.3. The molecule has 0 aliphatic rings. The van der Waals surface area contributed by atoms with Gasteiger partial charge in [-0.2, -0.15) is 0 Å². The third-order valence-electron chi connectivity index (χ3n) is 2.96. The van der Waals surface area contributed by atoms with Crippen LogP contribution >= 0.6 is 11.6 Å². The second-order valence-electron chi connectivity index (χ2n) is 4.61. The van der Waals surface area contributed by atoms with Crippen molar-refractivity contribution in [2.24, 2.45) is 0 Å². The van der Waals surface area contributed by atoms with Crippen LogP contribution in [-0.2, 0) is 11.2 Å². The SMILES string of the molecule is Cc1cc(NC(=O)Cc2ccc(Cl)cc2)ccc1[N+](=O)[O-]. The summed E-state index contributed by atoms with van der Waals surface area (Å²) in [5.41, 5.74) is 1.92. The van der Waals surface area contributed by atoms with Crippen molar-refractivity contribution in [1.29, 1.82) is 0 Å². The van der Waals surface area contributed by atoms with Crippen molar-refractivity contribution in [2.45, 2.75) is 13.3 Å². The van der Waals surface area contributed by atoms with E-state index >= 15 is 0 Å². The Balaban J connectivity index is 2.04. The van der Waals surface area contributed by atoms with Gasteiger partial charge in [-0.3, -0.25) is 14.9 Å². The molecular weight excluding hydrogens is 292 g/mol. The van der Waals surface area contributed by atoms with Gasteiger partial charge in [-0.25, -0.2) is 0 Å². The molecule has 1 N–H and O–H groups in total. The third kappa shape index (κ3) is 4.03. The highest BCUT2D eigenvalue weighted by atomic mass is 35.5. The lowest BCUT2D eigenvalue weighted by Crippen LogP contribution is -2.14. The van der Waals surface area contributed by atoms with Crippen LogP contribution in [-0.4, -0.2) is 10.8 Å². The Kier molecular flexibility index (Phi) is 4.55. The topological polar surface area (TPSA) is 72.2 Å². The van der Waals surface area contributed by atoms with Gasteiger partial charge in [0.15, 0.2) is 0 Å². The van der Waals surface area contributed by atoms with Crippen LogP contribution in [0.1, 0.15) is 11.1 Å². The summed E-state index contributed by atoms with van der Waals surface area (Å²) in [5.74, 6) is -0.189. The molecule has 1 amide bonds. The molecule has 0 heterocycles. The summed E-state index contributed by atoms with van der Waals surface area (Å²) in [7, 11) is 0. The number of nitro groups is 1. The molecule has 0 aliphatic heterocycles.